The van der Waals surface area contributed by atoms with Gasteiger partial charge < -0.3 is 5.32 Å². The zero-order valence-electron chi connectivity index (χ0n) is 13.0. The zero-order valence-corrected chi connectivity index (χ0v) is 13.0. The Kier molecular flexibility index (Phi) is 4.67. The van der Waals surface area contributed by atoms with E-state index < -0.39 is 0 Å². The van der Waals surface area contributed by atoms with Crippen LogP contribution in [0, 0.1) is 0 Å². The molecule has 0 heterocycles. The molecule has 0 aromatic heterocycles. The van der Waals surface area contributed by atoms with Gasteiger partial charge in [0.05, 0.1) is 0 Å². The molecule has 106 valence electrons. The Morgan fingerprint density at radius 1 is 1.21 bits per heavy atom. The van der Waals surface area contributed by atoms with Gasteiger partial charge in [-0.15, -0.1) is 0 Å². The summed E-state index contributed by atoms with van der Waals surface area (Å²) in [7, 11) is 0. The minimum absolute atomic E-state index is 0.272. The van der Waals surface area contributed by atoms with E-state index in [1.165, 1.54) is 25.7 Å². The molecule has 2 rings (SSSR count). The molecule has 1 aliphatic carbocycles. The molecule has 1 fully saturated rings. The summed E-state index contributed by atoms with van der Waals surface area (Å²) in [5, 5.41) is 3.55. The topological polar surface area (TPSA) is 12.0 Å². The summed E-state index contributed by atoms with van der Waals surface area (Å²) in [6.07, 6.45) is 5.39. The van der Waals surface area contributed by atoms with Gasteiger partial charge >= 0.3 is 0 Å². The predicted octanol–water partition coefficient (Wildman–Crippen LogP) is 4.62. The maximum Gasteiger partial charge on any atom is 0.00103 e. The van der Waals surface area contributed by atoms with E-state index in [1.807, 2.05) is 0 Å². The van der Waals surface area contributed by atoms with Gasteiger partial charge in [0.1, 0.15) is 0 Å². The normalized spacial score (nSPS) is 16.7. The van der Waals surface area contributed by atoms with Gasteiger partial charge in [-0.1, -0.05) is 58.4 Å². The molecule has 1 nitrogen and oxygen atoms in total. The molecule has 0 saturated heterocycles. The third-order valence-electron chi connectivity index (χ3n) is 4.54. The van der Waals surface area contributed by atoms with Crippen LogP contribution in [-0.2, 0) is 5.41 Å². The van der Waals surface area contributed by atoms with Crippen molar-refractivity contribution in [3.05, 3.63) is 35.4 Å². The van der Waals surface area contributed by atoms with E-state index in [9.17, 15) is 0 Å². The van der Waals surface area contributed by atoms with E-state index in [-0.39, 0.29) is 5.41 Å². The molecule has 0 unspecified atom stereocenters. The largest absolute Gasteiger partial charge is 0.315 e. The van der Waals surface area contributed by atoms with Gasteiger partial charge in [0, 0.05) is 6.04 Å². The van der Waals surface area contributed by atoms with Crippen LogP contribution in [0.25, 0.3) is 0 Å². The first-order chi connectivity index (χ1) is 9.00. The summed E-state index contributed by atoms with van der Waals surface area (Å²) >= 11 is 0. The molecular formula is C18H29N. The summed E-state index contributed by atoms with van der Waals surface area (Å²) in [5.41, 5.74) is 3.46. The van der Waals surface area contributed by atoms with E-state index in [4.69, 9.17) is 0 Å². The smallest absolute Gasteiger partial charge is 0.00103 e. The van der Waals surface area contributed by atoms with Crippen LogP contribution in [-0.4, -0.2) is 12.6 Å². The average Bonchev–Trinajstić information content (AvgIpc) is 2.26. The lowest BCUT2D eigenvalue weighted by molar-refractivity contribution is 0.395. The summed E-state index contributed by atoms with van der Waals surface area (Å²) in [6, 6.07) is 9.70. The van der Waals surface area contributed by atoms with Crippen LogP contribution < -0.4 is 5.32 Å². The molecular weight excluding hydrogens is 230 g/mol. The molecule has 1 saturated carbocycles. The van der Waals surface area contributed by atoms with E-state index in [0.29, 0.717) is 6.04 Å². The van der Waals surface area contributed by atoms with Crippen LogP contribution >= 0.6 is 0 Å². The maximum absolute atomic E-state index is 3.55. The zero-order chi connectivity index (χ0) is 13.9. The summed E-state index contributed by atoms with van der Waals surface area (Å²) in [5.74, 6) is 0.827. The molecule has 0 radical (unpaired) electrons. The lowest BCUT2D eigenvalue weighted by Crippen LogP contribution is -2.30. The van der Waals surface area contributed by atoms with Crippen LogP contribution in [0.15, 0.2) is 24.3 Å². The van der Waals surface area contributed by atoms with E-state index in [1.54, 1.807) is 11.1 Å². The van der Waals surface area contributed by atoms with Gasteiger partial charge in [-0.3, -0.25) is 0 Å². The van der Waals surface area contributed by atoms with Crippen molar-refractivity contribution in [3.63, 3.8) is 0 Å². The Hall–Kier alpha value is -0.820. The minimum atomic E-state index is 0.272. The van der Waals surface area contributed by atoms with Gasteiger partial charge in [-0.25, -0.2) is 0 Å². The fraction of sp³-hybridized carbons (Fsp3) is 0.667. The molecule has 0 spiro atoms. The molecule has 1 aromatic rings. The Bertz CT molecular complexity index is 402. The van der Waals surface area contributed by atoms with Crippen molar-refractivity contribution >= 4 is 0 Å². The number of hydrogen-bond acceptors (Lipinski definition) is 1. The third-order valence-corrected chi connectivity index (χ3v) is 4.54. The first-order valence-corrected chi connectivity index (χ1v) is 7.83. The first kappa shape index (κ1) is 14.6. The Labute approximate surface area is 118 Å². The number of hydrogen-bond donors (Lipinski definition) is 1. The minimum Gasteiger partial charge on any atom is -0.315 e. The molecule has 0 amide bonds. The van der Waals surface area contributed by atoms with Crippen molar-refractivity contribution in [2.75, 3.05) is 6.54 Å². The molecule has 1 aromatic carbocycles. The Morgan fingerprint density at radius 2 is 1.89 bits per heavy atom. The summed E-state index contributed by atoms with van der Waals surface area (Å²) in [4.78, 5) is 0. The SMILES string of the molecule is CC(C)NCCC(C)(C)c1ccccc1C1CCC1. The van der Waals surface area contributed by atoms with Crippen LogP contribution in [0.3, 0.4) is 0 Å². The quantitative estimate of drug-likeness (QED) is 0.786. The Balaban J connectivity index is 2.10. The van der Waals surface area contributed by atoms with Crippen molar-refractivity contribution in [2.45, 2.75) is 70.8 Å². The van der Waals surface area contributed by atoms with Crippen LogP contribution in [0.4, 0.5) is 0 Å². The standard InChI is InChI=1S/C18H29N/c1-14(2)19-13-12-18(3,4)17-11-6-5-10-16(17)15-8-7-9-15/h5-6,10-11,14-15,19H,7-9,12-13H2,1-4H3. The molecule has 0 bridgehead atoms. The molecule has 0 aliphatic heterocycles. The van der Waals surface area contributed by atoms with Gasteiger partial charge in [-0.05, 0) is 48.3 Å². The highest BCUT2D eigenvalue weighted by atomic mass is 14.9. The molecule has 1 heteroatoms. The fourth-order valence-electron chi connectivity index (χ4n) is 3.00. The van der Waals surface area contributed by atoms with Crippen molar-refractivity contribution in [1.29, 1.82) is 0 Å². The third kappa shape index (κ3) is 3.60. The first-order valence-electron chi connectivity index (χ1n) is 7.83. The second kappa shape index (κ2) is 6.09. The van der Waals surface area contributed by atoms with Crippen molar-refractivity contribution < 1.29 is 0 Å². The van der Waals surface area contributed by atoms with Crippen LogP contribution in [0.2, 0.25) is 0 Å². The van der Waals surface area contributed by atoms with Gasteiger partial charge in [0.25, 0.3) is 0 Å². The fourth-order valence-corrected chi connectivity index (χ4v) is 3.00. The van der Waals surface area contributed by atoms with Gasteiger partial charge in [0.15, 0.2) is 0 Å². The number of benzene rings is 1. The molecule has 0 atom stereocenters. The molecule has 19 heavy (non-hydrogen) atoms. The number of nitrogens with one attached hydrogen (secondary N) is 1. The van der Waals surface area contributed by atoms with Gasteiger partial charge in [0.2, 0.25) is 0 Å². The monoisotopic (exact) mass is 259 g/mol. The maximum atomic E-state index is 3.55. The molecule has 1 N–H and O–H groups in total. The lowest BCUT2D eigenvalue weighted by Gasteiger charge is -2.34. The summed E-state index contributed by atoms with van der Waals surface area (Å²) in [6.45, 7) is 10.3. The number of rotatable bonds is 6. The van der Waals surface area contributed by atoms with E-state index in [0.717, 1.165) is 12.5 Å². The predicted molar refractivity (Wildman–Crippen MR) is 83.8 cm³/mol. The average molecular weight is 259 g/mol. The van der Waals surface area contributed by atoms with E-state index in [2.05, 4.69) is 57.3 Å². The van der Waals surface area contributed by atoms with Crippen LogP contribution in [0.1, 0.15) is 70.4 Å². The van der Waals surface area contributed by atoms with Crippen LogP contribution in [0.5, 0.6) is 0 Å². The lowest BCUT2D eigenvalue weighted by atomic mass is 9.71. The highest BCUT2D eigenvalue weighted by Crippen LogP contribution is 2.41. The van der Waals surface area contributed by atoms with Crippen molar-refractivity contribution in [3.8, 4) is 0 Å². The second-order valence-corrected chi connectivity index (χ2v) is 6.96. The molecule has 1 aliphatic rings. The van der Waals surface area contributed by atoms with Gasteiger partial charge in [-0.2, -0.15) is 0 Å². The van der Waals surface area contributed by atoms with Crippen molar-refractivity contribution in [1.82, 2.24) is 5.32 Å². The summed E-state index contributed by atoms with van der Waals surface area (Å²) < 4.78 is 0. The Morgan fingerprint density at radius 3 is 2.47 bits per heavy atom. The highest BCUT2D eigenvalue weighted by molar-refractivity contribution is 5.37. The highest BCUT2D eigenvalue weighted by Gasteiger charge is 2.28. The van der Waals surface area contributed by atoms with Crippen molar-refractivity contribution in [2.24, 2.45) is 0 Å². The van der Waals surface area contributed by atoms with E-state index >= 15 is 0 Å². The second-order valence-electron chi connectivity index (χ2n) is 6.96.